The summed E-state index contributed by atoms with van der Waals surface area (Å²) in [5.74, 6) is 2.80. The predicted octanol–water partition coefficient (Wildman–Crippen LogP) is 10.2. The standard InChI is InChI=1S/C33H49F3/c1-2-3-4-5-6-7-22-8-9-28-19-26(15-14-25(28)18-22)23-10-12-24(13-11-23)27-16-17-30-29(20-27)21-31(34)33(36)32(30)35/h21-28H,2-20H2,1H3. The van der Waals surface area contributed by atoms with Crippen LogP contribution in [-0.4, -0.2) is 0 Å². The molecule has 0 radical (unpaired) electrons. The molecule has 36 heavy (non-hydrogen) atoms. The molecule has 202 valence electrons. The van der Waals surface area contributed by atoms with E-state index in [-0.39, 0.29) is 0 Å². The van der Waals surface area contributed by atoms with Crippen molar-refractivity contribution in [1.82, 2.24) is 0 Å². The Kier molecular flexibility index (Phi) is 9.05. The molecule has 0 spiro atoms. The van der Waals surface area contributed by atoms with Crippen LogP contribution in [0.3, 0.4) is 0 Å². The van der Waals surface area contributed by atoms with Gasteiger partial charge in [0, 0.05) is 0 Å². The molecule has 0 heterocycles. The minimum absolute atomic E-state index is 0.432. The normalized spacial score (nSPS) is 34.7. The zero-order valence-electron chi connectivity index (χ0n) is 22.7. The van der Waals surface area contributed by atoms with Crippen molar-refractivity contribution in [2.75, 3.05) is 0 Å². The summed E-state index contributed by atoms with van der Waals surface area (Å²) in [6.45, 7) is 2.30. The Hall–Kier alpha value is -0.990. The van der Waals surface area contributed by atoms with Gasteiger partial charge in [0.15, 0.2) is 17.5 Å². The lowest BCUT2D eigenvalue weighted by atomic mass is 9.60. The number of hydrogen-bond donors (Lipinski definition) is 0. The minimum atomic E-state index is -1.29. The van der Waals surface area contributed by atoms with Crippen LogP contribution in [0.25, 0.3) is 0 Å². The number of rotatable bonds is 8. The van der Waals surface area contributed by atoms with E-state index in [0.29, 0.717) is 23.8 Å². The Morgan fingerprint density at radius 3 is 2.00 bits per heavy atom. The highest BCUT2D eigenvalue weighted by Crippen LogP contribution is 2.50. The summed E-state index contributed by atoms with van der Waals surface area (Å²) in [7, 11) is 0. The largest absolute Gasteiger partial charge is 0.204 e. The van der Waals surface area contributed by atoms with Crippen molar-refractivity contribution in [3.63, 3.8) is 0 Å². The maximum Gasteiger partial charge on any atom is 0.194 e. The first-order valence-corrected chi connectivity index (χ1v) is 15.7. The first kappa shape index (κ1) is 26.6. The zero-order chi connectivity index (χ0) is 25.1. The van der Waals surface area contributed by atoms with Crippen molar-refractivity contribution in [3.05, 3.63) is 34.6 Å². The average molecular weight is 503 g/mol. The molecule has 0 bridgehead atoms. The molecular weight excluding hydrogens is 453 g/mol. The monoisotopic (exact) mass is 502 g/mol. The van der Waals surface area contributed by atoms with E-state index in [1.54, 1.807) is 0 Å². The van der Waals surface area contributed by atoms with Crippen molar-refractivity contribution < 1.29 is 13.2 Å². The van der Waals surface area contributed by atoms with E-state index >= 15 is 0 Å². The number of halogens is 3. The van der Waals surface area contributed by atoms with E-state index in [2.05, 4.69) is 6.92 Å². The van der Waals surface area contributed by atoms with Crippen LogP contribution in [0.4, 0.5) is 13.2 Å². The fourth-order valence-electron chi connectivity index (χ4n) is 9.09. The summed E-state index contributed by atoms with van der Waals surface area (Å²) in [5, 5.41) is 0. The van der Waals surface area contributed by atoms with Gasteiger partial charge in [-0.3, -0.25) is 0 Å². The van der Waals surface area contributed by atoms with Gasteiger partial charge >= 0.3 is 0 Å². The van der Waals surface area contributed by atoms with Gasteiger partial charge in [-0.15, -0.1) is 0 Å². The van der Waals surface area contributed by atoms with Crippen molar-refractivity contribution >= 4 is 0 Å². The average Bonchev–Trinajstić information content (AvgIpc) is 2.91. The summed E-state index contributed by atoms with van der Waals surface area (Å²) >= 11 is 0. The third-order valence-corrected chi connectivity index (χ3v) is 11.2. The summed E-state index contributed by atoms with van der Waals surface area (Å²) in [6, 6.07) is 1.27. The smallest absolute Gasteiger partial charge is 0.194 e. The van der Waals surface area contributed by atoms with Crippen LogP contribution >= 0.6 is 0 Å². The third-order valence-electron chi connectivity index (χ3n) is 11.2. The lowest BCUT2D eigenvalue weighted by molar-refractivity contribution is 0.0527. The highest BCUT2D eigenvalue weighted by molar-refractivity contribution is 5.33. The molecule has 5 atom stereocenters. The molecule has 0 aliphatic heterocycles. The fourth-order valence-corrected chi connectivity index (χ4v) is 9.09. The highest BCUT2D eigenvalue weighted by atomic mass is 19.2. The van der Waals surface area contributed by atoms with Crippen molar-refractivity contribution in [1.29, 1.82) is 0 Å². The SMILES string of the molecule is CCCCCCCC1CCC2CC(C3CCC(C4CCc5c(cc(F)c(F)c5F)C4)CC3)CCC2C1. The summed E-state index contributed by atoms with van der Waals surface area (Å²) in [6.07, 6.45) is 25.0. The second-order valence-electron chi connectivity index (χ2n) is 13.3. The predicted molar refractivity (Wildman–Crippen MR) is 142 cm³/mol. The Labute approximate surface area is 218 Å². The Bertz CT molecular complexity index is 855. The lowest BCUT2D eigenvalue weighted by Gasteiger charge is -2.46. The summed E-state index contributed by atoms with van der Waals surface area (Å²) < 4.78 is 41.7. The van der Waals surface area contributed by atoms with Crippen LogP contribution in [0.1, 0.15) is 127 Å². The van der Waals surface area contributed by atoms with Crippen LogP contribution in [0.15, 0.2) is 6.07 Å². The highest BCUT2D eigenvalue weighted by Gasteiger charge is 2.40. The number of fused-ring (bicyclic) bond motifs is 2. The second-order valence-corrected chi connectivity index (χ2v) is 13.3. The van der Waals surface area contributed by atoms with Gasteiger partial charge in [-0.1, -0.05) is 51.9 Å². The Morgan fingerprint density at radius 1 is 0.639 bits per heavy atom. The number of benzene rings is 1. The lowest BCUT2D eigenvalue weighted by Crippen LogP contribution is -2.35. The topological polar surface area (TPSA) is 0 Å². The molecule has 3 fully saturated rings. The zero-order valence-corrected chi connectivity index (χ0v) is 22.7. The molecule has 0 nitrogen and oxygen atoms in total. The number of hydrogen-bond acceptors (Lipinski definition) is 0. The van der Waals surface area contributed by atoms with Crippen LogP contribution in [0, 0.1) is 58.9 Å². The van der Waals surface area contributed by atoms with Crippen molar-refractivity contribution in [2.24, 2.45) is 41.4 Å². The van der Waals surface area contributed by atoms with Gasteiger partial charge in [-0.25, -0.2) is 13.2 Å². The van der Waals surface area contributed by atoms with E-state index in [1.807, 2.05) is 0 Å². The van der Waals surface area contributed by atoms with E-state index < -0.39 is 17.5 Å². The summed E-state index contributed by atoms with van der Waals surface area (Å²) in [5.41, 5.74) is 1.15. The van der Waals surface area contributed by atoms with Gasteiger partial charge in [0.1, 0.15) is 0 Å². The summed E-state index contributed by atoms with van der Waals surface area (Å²) in [4.78, 5) is 0. The van der Waals surface area contributed by atoms with Crippen molar-refractivity contribution in [2.45, 2.75) is 129 Å². The van der Waals surface area contributed by atoms with Crippen LogP contribution < -0.4 is 0 Å². The van der Waals surface area contributed by atoms with E-state index in [1.165, 1.54) is 109 Å². The van der Waals surface area contributed by atoms with Crippen LogP contribution in [-0.2, 0) is 12.8 Å². The fraction of sp³-hybridized carbons (Fsp3) is 0.818. The van der Waals surface area contributed by atoms with Crippen LogP contribution in [0.5, 0.6) is 0 Å². The molecule has 0 amide bonds. The quantitative estimate of drug-likeness (QED) is 0.245. The third kappa shape index (κ3) is 6.01. The molecule has 0 saturated heterocycles. The molecule has 3 heteroatoms. The molecule has 4 aliphatic rings. The van der Waals surface area contributed by atoms with E-state index in [9.17, 15) is 13.2 Å². The van der Waals surface area contributed by atoms with Gasteiger partial charge in [-0.05, 0) is 136 Å². The molecule has 1 aromatic rings. The van der Waals surface area contributed by atoms with Gasteiger partial charge < -0.3 is 0 Å². The second kappa shape index (κ2) is 12.2. The van der Waals surface area contributed by atoms with E-state index in [4.69, 9.17) is 0 Å². The number of unbranched alkanes of at least 4 members (excludes halogenated alkanes) is 4. The van der Waals surface area contributed by atoms with Crippen LogP contribution in [0.2, 0.25) is 0 Å². The molecule has 4 aliphatic carbocycles. The molecule has 0 N–H and O–H groups in total. The Morgan fingerprint density at radius 2 is 1.25 bits per heavy atom. The van der Waals surface area contributed by atoms with Gasteiger partial charge in [-0.2, -0.15) is 0 Å². The van der Waals surface area contributed by atoms with Gasteiger partial charge in [0.25, 0.3) is 0 Å². The minimum Gasteiger partial charge on any atom is -0.204 e. The van der Waals surface area contributed by atoms with Gasteiger partial charge in [0.05, 0.1) is 0 Å². The Balaban J connectivity index is 1.06. The van der Waals surface area contributed by atoms with Crippen molar-refractivity contribution in [3.8, 4) is 0 Å². The molecule has 3 saturated carbocycles. The maximum absolute atomic E-state index is 14.2. The van der Waals surface area contributed by atoms with E-state index in [0.717, 1.165) is 48.0 Å². The molecule has 1 aromatic carbocycles. The first-order chi connectivity index (χ1) is 17.5. The molecule has 5 rings (SSSR count). The van der Waals surface area contributed by atoms with Gasteiger partial charge in [0.2, 0.25) is 0 Å². The molecular formula is C33H49F3. The molecule has 0 aromatic heterocycles. The maximum atomic E-state index is 14.2. The molecule has 5 unspecified atom stereocenters. The first-order valence-electron chi connectivity index (χ1n) is 15.7.